The molecule has 0 amide bonds. The van der Waals surface area contributed by atoms with Crippen molar-refractivity contribution in [2.45, 2.75) is 19.8 Å². The third kappa shape index (κ3) is 2.40. The number of fused-ring (bicyclic) bond motifs is 1. The molecule has 1 aliphatic rings. The van der Waals surface area contributed by atoms with Gasteiger partial charge in [0, 0.05) is 29.7 Å². The summed E-state index contributed by atoms with van der Waals surface area (Å²) in [5.41, 5.74) is -1.30. The van der Waals surface area contributed by atoms with Crippen LogP contribution in [-0.4, -0.2) is 43.7 Å². The number of rotatable bonds is 2. The summed E-state index contributed by atoms with van der Waals surface area (Å²) < 4.78 is 29.8. The van der Waals surface area contributed by atoms with Crippen LogP contribution in [0.1, 0.15) is 13.8 Å². The van der Waals surface area contributed by atoms with E-state index in [1.165, 1.54) is 37.1 Å². The maximum absolute atomic E-state index is 14.3. The number of anilines is 1. The summed E-state index contributed by atoms with van der Waals surface area (Å²) in [5.74, 6) is -2.83. The van der Waals surface area contributed by atoms with E-state index in [0.29, 0.717) is 16.6 Å². The highest BCUT2D eigenvalue weighted by atomic mass is 19.3. The van der Waals surface area contributed by atoms with Crippen molar-refractivity contribution in [3.05, 3.63) is 45.6 Å². The predicted octanol–water partition coefficient (Wildman–Crippen LogP) is 1.28. The molecule has 0 atom stereocenters. The van der Waals surface area contributed by atoms with Crippen LogP contribution in [0.4, 0.5) is 14.5 Å². The molecule has 4 rings (SSSR count). The lowest BCUT2D eigenvalue weighted by molar-refractivity contribution is -0.0642. The normalized spacial score (nSPS) is 18.5. The average molecular weight is 362 g/mol. The Bertz CT molecular complexity index is 1100. The van der Waals surface area contributed by atoms with Gasteiger partial charge in [-0.15, -0.1) is 0 Å². The fourth-order valence-electron chi connectivity index (χ4n) is 3.15. The molecule has 0 saturated carbocycles. The van der Waals surface area contributed by atoms with E-state index in [1.54, 1.807) is 11.1 Å². The van der Waals surface area contributed by atoms with Crippen LogP contribution in [0.3, 0.4) is 0 Å². The third-order valence-corrected chi connectivity index (χ3v) is 4.77. The molecule has 0 aliphatic carbocycles. The monoisotopic (exact) mass is 362 g/mol. The number of aromatic amines is 2. The first-order valence-corrected chi connectivity index (χ1v) is 7.96. The SMILES string of the molecule is CC1(C)CN(c2cncc3nn(-c4c[nH]c(=O)[nH]c4=O)cc23)CC1(F)F. The summed E-state index contributed by atoms with van der Waals surface area (Å²) in [7, 11) is 0. The maximum Gasteiger partial charge on any atom is 0.325 e. The van der Waals surface area contributed by atoms with Gasteiger partial charge >= 0.3 is 5.69 Å². The van der Waals surface area contributed by atoms with Crippen LogP contribution in [0.5, 0.6) is 0 Å². The van der Waals surface area contributed by atoms with Gasteiger partial charge in [-0.25, -0.2) is 18.3 Å². The summed E-state index contributed by atoms with van der Waals surface area (Å²) in [5, 5.41) is 4.87. The van der Waals surface area contributed by atoms with E-state index in [0.717, 1.165) is 0 Å². The number of nitrogens with one attached hydrogen (secondary N) is 2. The van der Waals surface area contributed by atoms with Crippen molar-refractivity contribution in [3.63, 3.8) is 0 Å². The smallest absolute Gasteiger partial charge is 0.325 e. The van der Waals surface area contributed by atoms with Crippen molar-refractivity contribution in [1.82, 2.24) is 24.7 Å². The van der Waals surface area contributed by atoms with Gasteiger partial charge in [0.25, 0.3) is 11.5 Å². The molecule has 2 N–H and O–H groups in total. The number of nitrogens with zero attached hydrogens (tertiary/aromatic N) is 4. The Morgan fingerprint density at radius 3 is 2.58 bits per heavy atom. The second kappa shape index (κ2) is 5.23. The molecule has 1 aliphatic heterocycles. The lowest BCUT2D eigenvalue weighted by atomic mass is 9.89. The van der Waals surface area contributed by atoms with Crippen molar-refractivity contribution in [2.24, 2.45) is 5.41 Å². The number of H-pyrrole nitrogens is 2. The van der Waals surface area contributed by atoms with Gasteiger partial charge in [-0.05, 0) is 0 Å². The highest BCUT2D eigenvalue weighted by molar-refractivity contribution is 5.91. The fourth-order valence-corrected chi connectivity index (χ4v) is 3.15. The molecule has 3 aromatic rings. The van der Waals surface area contributed by atoms with Gasteiger partial charge in [0.1, 0.15) is 11.2 Å². The van der Waals surface area contributed by atoms with Crippen molar-refractivity contribution >= 4 is 16.6 Å². The van der Waals surface area contributed by atoms with E-state index in [2.05, 4.69) is 20.1 Å². The first-order valence-electron chi connectivity index (χ1n) is 7.96. The maximum atomic E-state index is 14.3. The zero-order chi connectivity index (χ0) is 18.7. The lowest BCUT2D eigenvalue weighted by Gasteiger charge is -2.24. The minimum atomic E-state index is -2.83. The molecule has 10 heteroatoms. The van der Waals surface area contributed by atoms with Gasteiger partial charge in [0.05, 0.1) is 24.6 Å². The first-order chi connectivity index (χ1) is 12.2. The Morgan fingerprint density at radius 2 is 1.92 bits per heavy atom. The zero-order valence-electron chi connectivity index (χ0n) is 14.1. The lowest BCUT2D eigenvalue weighted by Crippen LogP contribution is -2.34. The summed E-state index contributed by atoms with van der Waals surface area (Å²) in [6.07, 6.45) is 5.82. The van der Waals surface area contributed by atoms with E-state index in [-0.39, 0.29) is 12.2 Å². The number of aromatic nitrogens is 5. The first kappa shape index (κ1) is 16.4. The van der Waals surface area contributed by atoms with Gasteiger partial charge in [0.2, 0.25) is 0 Å². The van der Waals surface area contributed by atoms with Crippen LogP contribution >= 0.6 is 0 Å². The Morgan fingerprint density at radius 1 is 1.15 bits per heavy atom. The molecule has 136 valence electrons. The van der Waals surface area contributed by atoms with Crippen LogP contribution in [-0.2, 0) is 0 Å². The molecule has 8 nitrogen and oxygen atoms in total. The van der Waals surface area contributed by atoms with E-state index in [9.17, 15) is 18.4 Å². The van der Waals surface area contributed by atoms with Gasteiger partial charge in [-0.2, -0.15) is 5.10 Å². The van der Waals surface area contributed by atoms with Crippen molar-refractivity contribution in [3.8, 4) is 5.69 Å². The van der Waals surface area contributed by atoms with E-state index in [1.807, 2.05) is 0 Å². The zero-order valence-corrected chi connectivity index (χ0v) is 14.1. The summed E-state index contributed by atoms with van der Waals surface area (Å²) >= 11 is 0. The minimum absolute atomic E-state index is 0.110. The fraction of sp³-hybridized carbons (Fsp3) is 0.375. The highest BCUT2D eigenvalue weighted by Gasteiger charge is 2.54. The van der Waals surface area contributed by atoms with Crippen molar-refractivity contribution in [1.29, 1.82) is 0 Å². The topological polar surface area (TPSA) is 99.7 Å². The minimum Gasteiger partial charge on any atom is -0.363 e. The molecular formula is C16H16F2N6O2. The molecule has 1 fully saturated rings. The molecule has 4 heterocycles. The Kier molecular flexibility index (Phi) is 3.30. The van der Waals surface area contributed by atoms with Crippen LogP contribution in [0.25, 0.3) is 16.6 Å². The average Bonchev–Trinajstić information content (AvgIpc) is 3.05. The third-order valence-electron chi connectivity index (χ3n) is 4.77. The number of halogens is 2. The molecule has 3 aromatic heterocycles. The summed E-state index contributed by atoms with van der Waals surface area (Å²) in [4.78, 5) is 33.3. The Balaban J connectivity index is 1.83. The van der Waals surface area contributed by atoms with Crippen LogP contribution in [0, 0.1) is 5.41 Å². The second-order valence-corrected chi connectivity index (χ2v) is 7.07. The highest BCUT2D eigenvalue weighted by Crippen LogP contribution is 2.45. The molecule has 0 radical (unpaired) electrons. The van der Waals surface area contributed by atoms with Crippen molar-refractivity contribution in [2.75, 3.05) is 18.0 Å². The largest absolute Gasteiger partial charge is 0.363 e. The van der Waals surface area contributed by atoms with Gasteiger partial charge in [0.15, 0.2) is 0 Å². The van der Waals surface area contributed by atoms with Gasteiger partial charge in [-0.3, -0.25) is 14.8 Å². The Hall–Kier alpha value is -3.04. The van der Waals surface area contributed by atoms with Crippen LogP contribution in [0.2, 0.25) is 0 Å². The summed E-state index contributed by atoms with van der Waals surface area (Å²) in [6.45, 7) is 2.82. The quantitative estimate of drug-likeness (QED) is 0.715. The number of hydrogen-bond acceptors (Lipinski definition) is 5. The van der Waals surface area contributed by atoms with Crippen LogP contribution in [0.15, 0.2) is 34.4 Å². The van der Waals surface area contributed by atoms with Gasteiger partial charge in [-0.1, -0.05) is 13.8 Å². The van der Waals surface area contributed by atoms with E-state index >= 15 is 0 Å². The number of pyridine rings is 1. The molecule has 26 heavy (non-hydrogen) atoms. The molecule has 0 aromatic carbocycles. The van der Waals surface area contributed by atoms with Gasteiger partial charge < -0.3 is 9.88 Å². The standard InChI is InChI=1S/C16H16F2N6O2/c1-15(2)7-23(8-16(15,17)18)11-4-19-3-10-9(11)6-24(22-10)12-5-20-14(26)21-13(12)25/h3-6H,7-8H2,1-2H3,(H2,20,21,25,26). The van der Waals surface area contributed by atoms with E-state index in [4.69, 9.17) is 0 Å². The predicted molar refractivity (Wildman–Crippen MR) is 91.0 cm³/mol. The molecular weight excluding hydrogens is 346 g/mol. The Labute approximate surface area is 145 Å². The summed E-state index contributed by atoms with van der Waals surface area (Å²) in [6, 6.07) is 0. The molecule has 0 spiro atoms. The number of alkyl halides is 2. The molecule has 0 bridgehead atoms. The van der Waals surface area contributed by atoms with E-state index < -0.39 is 29.1 Å². The van der Waals surface area contributed by atoms with Crippen LogP contribution < -0.4 is 16.1 Å². The van der Waals surface area contributed by atoms with Crippen molar-refractivity contribution < 1.29 is 8.78 Å². The molecule has 1 saturated heterocycles. The number of hydrogen-bond donors (Lipinski definition) is 2. The second-order valence-electron chi connectivity index (χ2n) is 7.07. The molecule has 0 unspecified atom stereocenters.